The van der Waals surface area contributed by atoms with Crippen molar-refractivity contribution in [1.29, 1.82) is 0 Å². The molecule has 8 heteroatoms. The van der Waals surface area contributed by atoms with Gasteiger partial charge in [0.15, 0.2) is 0 Å². The lowest BCUT2D eigenvalue weighted by Gasteiger charge is -2.20. The van der Waals surface area contributed by atoms with E-state index in [2.05, 4.69) is 0 Å². The highest BCUT2D eigenvalue weighted by molar-refractivity contribution is 7.89. The third kappa shape index (κ3) is 3.24. The molecule has 0 spiro atoms. The number of fused-ring (bicyclic) bond motifs is 1. The lowest BCUT2D eigenvalue weighted by Crippen LogP contribution is -2.28. The Morgan fingerprint density at radius 1 is 1.25 bits per heavy atom. The second-order valence-electron chi connectivity index (χ2n) is 5.93. The zero-order valence-electron chi connectivity index (χ0n) is 12.7. The fourth-order valence-electron chi connectivity index (χ4n) is 3.08. The van der Waals surface area contributed by atoms with Gasteiger partial charge in [0, 0.05) is 18.9 Å². The van der Waals surface area contributed by atoms with Crippen LogP contribution in [0, 0.1) is 5.92 Å². The van der Waals surface area contributed by atoms with E-state index in [9.17, 15) is 23.1 Å². The first-order chi connectivity index (χ1) is 11.2. The van der Waals surface area contributed by atoms with Crippen molar-refractivity contribution in [2.24, 2.45) is 11.1 Å². The number of hydrogen-bond donors (Lipinski definition) is 2. The molecule has 1 aliphatic rings. The number of anilines is 1. The lowest BCUT2D eigenvalue weighted by atomic mass is 10.0. The first-order valence-corrected chi connectivity index (χ1v) is 9.03. The third-order valence-electron chi connectivity index (χ3n) is 4.06. The summed E-state index contributed by atoms with van der Waals surface area (Å²) in [5, 5.41) is 16.1. The molecule has 0 aliphatic carbocycles. The number of benzene rings is 2. The van der Waals surface area contributed by atoms with Gasteiger partial charge in [-0.2, -0.15) is 0 Å². The minimum Gasteiger partial charge on any atom is -0.478 e. The number of rotatable bonds is 4. The van der Waals surface area contributed by atoms with Crippen molar-refractivity contribution < 1.29 is 23.1 Å². The maximum Gasteiger partial charge on any atom is 0.337 e. The molecule has 1 atom stereocenters. The van der Waals surface area contributed by atoms with Crippen LogP contribution >= 0.6 is 0 Å². The van der Waals surface area contributed by atoms with Crippen molar-refractivity contribution >= 4 is 38.4 Å². The van der Waals surface area contributed by atoms with E-state index >= 15 is 0 Å². The van der Waals surface area contributed by atoms with E-state index in [0.29, 0.717) is 0 Å². The number of amides is 1. The topological polar surface area (TPSA) is 118 Å². The van der Waals surface area contributed by atoms with Crippen LogP contribution in [0.3, 0.4) is 0 Å². The molecule has 0 radical (unpaired) electrons. The number of carbonyl (C=O) groups excluding carboxylic acids is 1. The Bertz CT molecular complexity index is 939. The number of nitrogens with zero attached hydrogens (tertiary/aromatic N) is 1. The van der Waals surface area contributed by atoms with Gasteiger partial charge in [-0.1, -0.05) is 24.3 Å². The normalized spacial score (nSPS) is 18.3. The van der Waals surface area contributed by atoms with Crippen LogP contribution in [0.2, 0.25) is 0 Å². The van der Waals surface area contributed by atoms with E-state index in [4.69, 9.17) is 5.14 Å². The third-order valence-corrected chi connectivity index (χ3v) is 4.99. The van der Waals surface area contributed by atoms with Crippen LogP contribution in [-0.4, -0.2) is 37.7 Å². The van der Waals surface area contributed by atoms with Gasteiger partial charge < -0.3 is 10.0 Å². The van der Waals surface area contributed by atoms with Gasteiger partial charge in [-0.05, 0) is 22.9 Å². The SMILES string of the molecule is NS(=O)(=O)CC1CC(=O)N(c2cc3ccccc3cc2C(=O)O)C1. The summed E-state index contributed by atoms with van der Waals surface area (Å²) in [5.74, 6) is -2.19. The molecule has 1 amide bonds. The molecule has 0 saturated carbocycles. The number of sulfonamides is 1. The molecule has 1 fully saturated rings. The number of hydrogen-bond acceptors (Lipinski definition) is 4. The highest BCUT2D eigenvalue weighted by Crippen LogP contribution is 2.32. The quantitative estimate of drug-likeness (QED) is 0.860. The van der Waals surface area contributed by atoms with E-state index in [1.54, 1.807) is 18.2 Å². The molecule has 1 saturated heterocycles. The van der Waals surface area contributed by atoms with Gasteiger partial charge in [-0.3, -0.25) is 4.79 Å². The monoisotopic (exact) mass is 348 g/mol. The molecular weight excluding hydrogens is 332 g/mol. The van der Waals surface area contributed by atoms with Crippen molar-refractivity contribution in [3.8, 4) is 0 Å². The van der Waals surface area contributed by atoms with Gasteiger partial charge in [0.2, 0.25) is 15.9 Å². The standard InChI is InChI=1S/C16H16N2O5S/c17-24(22,23)9-10-5-15(19)18(8-10)14-7-12-4-2-1-3-11(12)6-13(14)16(20)21/h1-4,6-7,10H,5,8-9H2,(H,20,21)(H2,17,22,23). The van der Waals surface area contributed by atoms with Gasteiger partial charge in [0.05, 0.1) is 17.0 Å². The zero-order valence-corrected chi connectivity index (χ0v) is 13.5. The molecular formula is C16H16N2O5S. The van der Waals surface area contributed by atoms with Crippen molar-refractivity contribution in [2.75, 3.05) is 17.2 Å². The van der Waals surface area contributed by atoms with Crippen molar-refractivity contribution in [1.82, 2.24) is 0 Å². The predicted octanol–water partition coefficient (Wildman–Crippen LogP) is 1.18. The Morgan fingerprint density at radius 3 is 2.46 bits per heavy atom. The van der Waals surface area contributed by atoms with Gasteiger partial charge in [0.1, 0.15) is 0 Å². The van der Waals surface area contributed by atoms with Crippen LogP contribution in [0.25, 0.3) is 10.8 Å². The molecule has 7 nitrogen and oxygen atoms in total. The first kappa shape index (κ1) is 16.4. The van der Waals surface area contributed by atoms with Crippen LogP contribution in [-0.2, 0) is 14.8 Å². The van der Waals surface area contributed by atoms with Crippen molar-refractivity contribution in [3.05, 3.63) is 42.0 Å². The Morgan fingerprint density at radius 2 is 1.88 bits per heavy atom. The molecule has 1 aliphatic heterocycles. The van der Waals surface area contributed by atoms with Crippen LogP contribution in [0.1, 0.15) is 16.8 Å². The van der Waals surface area contributed by atoms with Crippen LogP contribution in [0.4, 0.5) is 5.69 Å². The Hall–Kier alpha value is -2.45. The molecule has 3 rings (SSSR count). The summed E-state index contributed by atoms with van der Waals surface area (Å²) in [6.07, 6.45) is 0.0301. The maximum atomic E-state index is 12.3. The number of carbonyl (C=O) groups is 2. The van der Waals surface area contributed by atoms with E-state index in [1.165, 1.54) is 11.0 Å². The first-order valence-electron chi connectivity index (χ1n) is 7.31. The molecule has 0 bridgehead atoms. The minimum absolute atomic E-state index is 0.0123. The summed E-state index contributed by atoms with van der Waals surface area (Å²) in [7, 11) is -3.69. The van der Waals surface area contributed by atoms with Gasteiger partial charge in [0.25, 0.3) is 0 Å². The number of nitrogens with two attached hydrogens (primary N) is 1. The predicted molar refractivity (Wildman–Crippen MR) is 89.3 cm³/mol. The van der Waals surface area contributed by atoms with Gasteiger partial charge >= 0.3 is 5.97 Å². The number of aromatic carboxylic acids is 1. The molecule has 2 aromatic rings. The average molecular weight is 348 g/mol. The summed E-state index contributed by atoms with van der Waals surface area (Å²) in [4.78, 5) is 25.2. The zero-order chi connectivity index (χ0) is 17.5. The van der Waals surface area contributed by atoms with Crippen LogP contribution < -0.4 is 10.0 Å². The fraction of sp³-hybridized carbons (Fsp3) is 0.250. The molecule has 1 heterocycles. The highest BCUT2D eigenvalue weighted by atomic mass is 32.2. The molecule has 0 aromatic heterocycles. The highest BCUT2D eigenvalue weighted by Gasteiger charge is 2.34. The summed E-state index contributed by atoms with van der Waals surface area (Å²) >= 11 is 0. The van der Waals surface area contributed by atoms with E-state index in [0.717, 1.165) is 10.8 Å². The number of carboxylic acid groups (broad SMARTS) is 1. The summed E-state index contributed by atoms with van der Waals surface area (Å²) in [6.45, 7) is 0.133. The second kappa shape index (κ2) is 5.88. The van der Waals surface area contributed by atoms with E-state index < -0.39 is 21.9 Å². The van der Waals surface area contributed by atoms with E-state index in [-0.39, 0.29) is 35.9 Å². The average Bonchev–Trinajstić information content (AvgIpc) is 2.84. The molecule has 24 heavy (non-hydrogen) atoms. The van der Waals surface area contributed by atoms with Crippen molar-refractivity contribution in [3.63, 3.8) is 0 Å². The van der Waals surface area contributed by atoms with Crippen molar-refractivity contribution in [2.45, 2.75) is 6.42 Å². The Kier molecular flexibility index (Phi) is 4.02. The summed E-state index contributed by atoms with van der Waals surface area (Å²) < 4.78 is 22.5. The lowest BCUT2D eigenvalue weighted by molar-refractivity contribution is -0.117. The smallest absolute Gasteiger partial charge is 0.337 e. The number of primary sulfonamides is 1. The summed E-state index contributed by atoms with van der Waals surface area (Å²) in [6, 6.07) is 10.4. The largest absolute Gasteiger partial charge is 0.478 e. The Balaban J connectivity index is 2.03. The second-order valence-corrected chi connectivity index (χ2v) is 7.58. The molecule has 3 N–H and O–H groups in total. The van der Waals surface area contributed by atoms with Gasteiger partial charge in [-0.25, -0.2) is 18.4 Å². The Labute approximate surface area is 138 Å². The van der Waals surface area contributed by atoms with E-state index in [1.807, 2.05) is 12.1 Å². The van der Waals surface area contributed by atoms with Crippen LogP contribution in [0.5, 0.6) is 0 Å². The molecule has 126 valence electrons. The minimum atomic E-state index is -3.69. The number of carboxylic acids is 1. The molecule has 2 aromatic carbocycles. The van der Waals surface area contributed by atoms with Crippen LogP contribution in [0.15, 0.2) is 36.4 Å². The fourth-order valence-corrected chi connectivity index (χ4v) is 3.96. The summed E-state index contributed by atoms with van der Waals surface area (Å²) in [5.41, 5.74) is 0.293. The van der Waals surface area contributed by atoms with Gasteiger partial charge in [-0.15, -0.1) is 0 Å². The molecule has 1 unspecified atom stereocenters. The maximum absolute atomic E-state index is 12.3.